The van der Waals surface area contributed by atoms with Crippen LogP contribution < -0.4 is 5.32 Å². The van der Waals surface area contributed by atoms with E-state index in [0.717, 1.165) is 57.3 Å². The van der Waals surface area contributed by atoms with Crippen molar-refractivity contribution in [3.05, 3.63) is 12.2 Å². The second-order valence-corrected chi connectivity index (χ2v) is 11.6. The zero-order chi connectivity index (χ0) is 26.8. The predicted molar refractivity (Wildman–Crippen MR) is 133 cm³/mol. The lowest BCUT2D eigenvalue weighted by Gasteiger charge is -2.52. The van der Waals surface area contributed by atoms with Crippen LogP contribution in [0.5, 0.6) is 0 Å². The third-order valence-electron chi connectivity index (χ3n) is 9.49. The number of nitrogens with one attached hydrogen (secondary N) is 1. The summed E-state index contributed by atoms with van der Waals surface area (Å²) in [7, 11) is 0. The van der Waals surface area contributed by atoms with Crippen LogP contribution in [-0.2, 0) is 28.8 Å². The summed E-state index contributed by atoms with van der Waals surface area (Å²) >= 11 is 0. The lowest BCUT2D eigenvalue weighted by molar-refractivity contribution is -0.154. The first kappa shape index (κ1) is 27.3. The number of oxime groups is 1. The molecule has 0 aromatic rings. The Morgan fingerprint density at radius 1 is 1.03 bits per heavy atom. The zero-order valence-corrected chi connectivity index (χ0v) is 21.6. The molecule has 37 heavy (non-hydrogen) atoms. The highest BCUT2D eigenvalue weighted by Gasteiger charge is 2.60. The largest absolute Gasteiger partial charge is 0.478 e. The molecule has 5 fully saturated rings. The van der Waals surface area contributed by atoms with Crippen molar-refractivity contribution in [2.45, 2.75) is 83.8 Å². The molecule has 5 rings (SSSR count). The van der Waals surface area contributed by atoms with E-state index in [2.05, 4.69) is 24.3 Å². The van der Waals surface area contributed by atoms with E-state index in [1.165, 1.54) is 0 Å². The lowest BCUT2D eigenvalue weighted by Crippen LogP contribution is -2.51. The van der Waals surface area contributed by atoms with Gasteiger partial charge in [0.1, 0.15) is 18.0 Å². The van der Waals surface area contributed by atoms with Crippen molar-refractivity contribution in [3.63, 3.8) is 0 Å². The number of carbonyl (C=O) groups is 4. The van der Waals surface area contributed by atoms with Gasteiger partial charge in [-0.05, 0) is 56.4 Å². The van der Waals surface area contributed by atoms with Crippen LogP contribution in [0.4, 0.5) is 0 Å². The summed E-state index contributed by atoms with van der Waals surface area (Å²) in [6.45, 7) is 6.32. The van der Waals surface area contributed by atoms with E-state index in [4.69, 9.17) is 19.8 Å². The van der Waals surface area contributed by atoms with Crippen LogP contribution in [-0.4, -0.2) is 64.9 Å². The summed E-state index contributed by atoms with van der Waals surface area (Å²) in [6.07, 6.45) is 8.83. The number of carboxylic acid groups (broad SMARTS) is 2. The molecule has 7 atom stereocenters. The summed E-state index contributed by atoms with van der Waals surface area (Å²) in [5.41, 5.74) is 0.780. The molecule has 0 radical (unpaired) electrons. The normalized spacial score (nSPS) is 40.1. The Morgan fingerprint density at radius 2 is 1.76 bits per heavy atom. The van der Waals surface area contributed by atoms with Gasteiger partial charge in [0.05, 0.1) is 5.71 Å². The van der Waals surface area contributed by atoms with E-state index < -0.39 is 11.9 Å². The molecule has 3 aliphatic carbocycles. The third kappa shape index (κ3) is 5.73. The summed E-state index contributed by atoms with van der Waals surface area (Å²) in [4.78, 5) is 50.3. The van der Waals surface area contributed by atoms with Gasteiger partial charge in [-0.25, -0.2) is 9.59 Å². The Morgan fingerprint density at radius 3 is 2.41 bits per heavy atom. The molecule has 10 heteroatoms. The van der Waals surface area contributed by atoms with Crippen molar-refractivity contribution < 1.29 is 39.0 Å². The average Bonchev–Trinajstić information content (AvgIpc) is 3.44. The molecule has 0 aromatic carbocycles. The fourth-order valence-electron chi connectivity index (χ4n) is 7.38. The number of nitrogens with zero attached hydrogens (tertiary/aromatic N) is 1. The van der Waals surface area contributed by atoms with Gasteiger partial charge in [0.25, 0.3) is 0 Å². The summed E-state index contributed by atoms with van der Waals surface area (Å²) < 4.78 is 6.05. The Hall–Kier alpha value is -2.75. The minimum atomic E-state index is -1.26. The van der Waals surface area contributed by atoms with Gasteiger partial charge < -0.3 is 25.1 Å². The maximum atomic E-state index is 12.8. The SMILES string of the molecule is C[C@]12CC/C(=N/O[C@@H]3CCNC3)CC1OC(=O)C[C@@H]1[C@@H]2CC[C@]2(C)C(=O)CC[C@@H]12.O=C(O)/C=C/C(=O)O. The van der Waals surface area contributed by atoms with Gasteiger partial charge in [0, 0.05) is 55.2 Å². The van der Waals surface area contributed by atoms with Crippen molar-refractivity contribution in [1.82, 2.24) is 5.32 Å². The average molecular weight is 519 g/mol. The number of rotatable bonds is 4. The third-order valence-corrected chi connectivity index (χ3v) is 9.49. The summed E-state index contributed by atoms with van der Waals surface area (Å²) in [5.74, 6) is -1.12. The number of Topliss-reactive ketones (excluding diaryl/α,β-unsaturated/α-hetero) is 1. The quantitative estimate of drug-likeness (QED) is 0.290. The molecule has 0 aromatic heterocycles. The molecule has 0 amide bonds. The monoisotopic (exact) mass is 518 g/mol. The number of esters is 1. The Labute approximate surface area is 216 Å². The van der Waals surface area contributed by atoms with Gasteiger partial charge in [0.2, 0.25) is 0 Å². The molecular weight excluding hydrogens is 480 g/mol. The molecule has 2 saturated heterocycles. The number of hydrogen-bond donors (Lipinski definition) is 3. The minimum absolute atomic E-state index is 0.0300. The molecule has 5 aliphatic rings. The molecular formula is C27H38N2O8. The number of ether oxygens (including phenoxy) is 1. The minimum Gasteiger partial charge on any atom is -0.478 e. The van der Waals surface area contributed by atoms with Crippen LogP contribution in [0.2, 0.25) is 0 Å². The Balaban J connectivity index is 0.000000349. The van der Waals surface area contributed by atoms with Crippen molar-refractivity contribution in [2.24, 2.45) is 33.7 Å². The lowest BCUT2D eigenvalue weighted by atomic mass is 9.51. The molecule has 204 valence electrons. The second-order valence-electron chi connectivity index (χ2n) is 11.6. The molecule has 3 N–H and O–H groups in total. The number of ketones is 1. The first-order valence-corrected chi connectivity index (χ1v) is 13.3. The number of carbonyl (C=O) groups excluding carboxylic acids is 2. The van der Waals surface area contributed by atoms with Gasteiger partial charge in [-0.1, -0.05) is 19.0 Å². The highest BCUT2D eigenvalue weighted by atomic mass is 16.6. The van der Waals surface area contributed by atoms with Gasteiger partial charge in [-0.15, -0.1) is 0 Å². The van der Waals surface area contributed by atoms with Crippen LogP contribution in [0.15, 0.2) is 17.3 Å². The molecule has 3 saturated carbocycles. The van der Waals surface area contributed by atoms with Gasteiger partial charge in [0.15, 0.2) is 0 Å². The van der Waals surface area contributed by atoms with Crippen LogP contribution in [0, 0.1) is 28.6 Å². The fraction of sp³-hybridized carbons (Fsp3) is 0.741. The van der Waals surface area contributed by atoms with Gasteiger partial charge in [-0.2, -0.15) is 0 Å². The molecule has 2 aliphatic heterocycles. The van der Waals surface area contributed by atoms with E-state index in [9.17, 15) is 19.2 Å². The Bertz CT molecular complexity index is 971. The highest BCUT2D eigenvalue weighted by Crippen LogP contribution is 2.62. The zero-order valence-electron chi connectivity index (χ0n) is 21.6. The molecule has 1 unspecified atom stereocenters. The van der Waals surface area contributed by atoms with Crippen LogP contribution in [0.3, 0.4) is 0 Å². The number of carboxylic acids is 2. The van der Waals surface area contributed by atoms with Crippen LogP contribution in [0.25, 0.3) is 0 Å². The number of hydrogen-bond acceptors (Lipinski definition) is 8. The van der Waals surface area contributed by atoms with Crippen molar-refractivity contribution in [2.75, 3.05) is 13.1 Å². The van der Waals surface area contributed by atoms with E-state index >= 15 is 0 Å². The predicted octanol–water partition coefficient (Wildman–Crippen LogP) is 2.95. The van der Waals surface area contributed by atoms with Crippen LogP contribution >= 0.6 is 0 Å². The molecule has 10 nitrogen and oxygen atoms in total. The number of fused-ring (bicyclic) bond motifs is 5. The highest BCUT2D eigenvalue weighted by molar-refractivity contribution is 5.89. The molecule has 2 heterocycles. The van der Waals surface area contributed by atoms with Crippen molar-refractivity contribution in [1.29, 1.82) is 0 Å². The van der Waals surface area contributed by atoms with E-state index in [1.807, 2.05) is 0 Å². The Kier molecular flexibility index (Phi) is 8.06. The van der Waals surface area contributed by atoms with Gasteiger partial charge in [-0.3, -0.25) is 9.59 Å². The summed E-state index contributed by atoms with van der Waals surface area (Å²) in [5, 5.41) is 23.4. The fourth-order valence-corrected chi connectivity index (χ4v) is 7.38. The van der Waals surface area contributed by atoms with Crippen molar-refractivity contribution in [3.8, 4) is 0 Å². The second kappa shape index (κ2) is 10.9. The van der Waals surface area contributed by atoms with E-state index in [1.54, 1.807) is 0 Å². The van der Waals surface area contributed by atoms with Crippen molar-refractivity contribution >= 4 is 29.4 Å². The maximum absolute atomic E-state index is 12.8. The first-order chi connectivity index (χ1) is 17.5. The molecule has 0 bridgehead atoms. The van der Waals surface area contributed by atoms with E-state index in [-0.39, 0.29) is 34.9 Å². The van der Waals surface area contributed by atoms with Gasteiger partial charge >= 0.3 is 17.9 Å². The summed E-state index contributed by atoms with van der Waals surface area (Å²) in [6, 6.07) is 0. The maximum Gasteiger partial charge on any atom is 0.328 e. The van der Waals surface area contributed by atoms with Crippen LogP contribution in [0.1, 0.15) is 71.6 Å². The van der Waals surface area contributed by atoms with E-state index in [0.29, 0.717) is 49.0 Å². The number of aliphatic carboxylic acids is 2. The topological polar surface area (TPSA) is 152 Å². The smallest absolute Gasteiger partial charge is 0.328 e. The standard InChI is InChI=1S/C23H34N2O4.C4H4O4/c1-22-9-6-18-16(17(22)3-4-19(22)26)12-21(27)28-20-11-14(5-8-23(18,20)2)25-29-15-7-10-24-13-15;5-3(6)1-2-4(7)8/h15-18,20,24H,3-13H2,1-2H3;1-2H,(H,5,6)(H,7,8)/b25-14-;2-1+/t15-,16+,17+,18+,20?,22+,23-;/m1./s1. The molecule has 0 spiro atoms. The first-order valence-electron chi connectivity index (χ1n) is 13.3.